The van der Waals surface area contributed by atoms with Gasteiger partial charge in [-0.15, -0.1) is 0 Å². The van der Waals surface area contributed by atoms with E-state index >= 15 is 0 Å². The third-order valence-electron chi connectivity index (χ3n) is 11.9. The molecule has 0 fully saturated rings. The lowest BCUT2D eigenvalue weighted by Crippen LogP contribution is -2.10. The van der Waals surface area contributed by atoms with Crippen molar-refractivity contribution in [2.24, 2.45) is 0 Å². The van der Waals surface area contributed by atoms with Crippen molar-refractivity contribution in [1.82, 2.24) is 8.97 Å². The number of para-hydroxylation sites is 4. The molecule has 0 aliphatic heterocycles. The first-order chi connectivity index (χ1) is 28.3. The first-order valence-electron chi connectivity index (χ1n) is 19.6. The molecule has 3 heterocycles. The van der Waals surface area contributed by atoms with Crippen molar-refractivity contribution in [1.29, 1.82) is 0 Å². The maximum Gasteiger partial charge on any atom is 0.0620 e. The van der Waals surface area contributed by atoms with Crippen LogP contribution in [0.25, 0.3) is 87.8 Å². The average molecular weight is 726 g/mol. The highest BCUT2D eigenvalue weighted by Gasteiger charge is 2.20. The van der Waals surface area contributed by atoms with Gasteiger partial charge in [0.25, 0.3) is 0 Å². The second-order valence-corrected chi connectivity index (χ2v) is 15.0. The molecule has 0 spiro atoms. The highest BCUT2D eigenvalue weighted by atomic mass is 15.1. The van der Waals surface area contributed by atoms with Gasteiger partial charge in [0, 0.05) is 55.1 Å². The van der Waals surface area contributed by atoms with E-state index < -0.39 is 0 Å². The molecule has 3 aromatic heterocycles. The Bertz CT molecular complexity index is 3370. The SMILES string of the molecule is c1ccc(-c2ccc(N(c3ccc(-c4ccc(-n5c6ccccc6c6ccccc65)cc4)cc3)c3ccc4c5cccc6c7ccccc7n(c4c3)c65)cc2)cc1. The van der Waals surface area contributed by atoms with E-state index in [-0.39, 0.29) is 0 Å². The van der Waals surface area contributed by atoms with E-state index in [2.05, 4.69) is 226 Å². The van der Waals surface area contributed by atoms with E-state index in [9.17, 15) is 0 Å². The fourth-order valence-electron chi connectivity index (χ4n) is 9.25. The van der Waals surface area contributed by atoms with Crippen molar-refractivity contribution in [3.05, 3.63) is 212 Å². The predicted octanol–water partition coefficient (Wildman–Crippen LogP) is 14.7. The molecule has 0 saturated heterocycles. The number of fused-ring (bicyclic) bond motifs is 9. The van der Waals surface area contributed by atoms with Gasteiger partial charge in [0.1, 0.15) is 0 Å². The molecule has 0 saturated carbocycles. The summed E-state index contributed by atoms with van der Waals surface area (Å²) in [5.41, 5.74) is 15.4. The van der Waals surface area contributed by atoms with Crippen molar-refractivity contribution < 1.29 is 0 Å². The monoisotopic (exact) mass is 725 g/mol. The van der Waals surface area contributed by atoms with Crippen LogP contribution in [-0.2, 0) is 0 Å². The van der Waals surface area contributed by atoms with Gasteiger partial charge in [-0.3, -0.25) is 0 Å². The summed E-state index contributed by atoms with van der Waals surface area (Å²) in [6, 6.07) is 77.3. The Morgan fingerprint density at radius 3 is 1.28 bits per heavy atom. The van der Waals surface area contributed by atoms with Crippen LogP contribution >= 0.6 is 0 Å². The fraction of sp³-hybridized carbons (Fsp3) is 0. The smallest absolute Gasteiger partial charge is 0.0620 e. The van der Waals surface area contributed by atoms with E-state index in [1.165, 1.54) is 82.2 Å². The van der Waals surface area contributed by atoms with Gasteiger partial charge in [-0.1, -0.05) is 146 Å². The van der Waals surface area contributed by atoms with Gasteiger partial charge < -0.3 is 13.9 Å². The molecule has 12 rings (SSSR count). The maximum absolute atomic E-state index is 2.46. The molecule has 0 amide bonds. The number of hydrogen-bond donors (Lipinski definition) is 0. The van der Waals surface area contributed by atoms with Crippen molar-refractivity contribution in [3.63, 3.8) is 0 Å². The summed E-state index contributed by atoms with van der Waals surface area (Å²) in [5, 5.41) is 7.69. The lowest BCUT2D eigenvalue weighted by Gasteiger charge is -2.26. The summed E-state index contributed by atoms with van der Waals surface area (Å²) in [5.74, 6) is 0. The van der Waals surface area contributed by atoms with Crippen molar-refractivity contribution in [3.8, 4) is 27.9 Å². The molecule has 12 aromatic rings. The number of nitrogens with zero attached hydrogens (tertiary/aromatic N) is 3. The summed E-state index contributed by atoms with van der Waals surface area (Å²) < 4.78 is 4.83. The Kier molecular flexibility index (Phi) is 6.93. The quantitative estimate of drug-likeness (QED) is 0.166. The maximum atomic E-state index is 2.46. The molecular formula is C54H35N3. The summed E-state index contributed by atoms with van der Waals surface area (Å²) in [6.45, 7) is 0. The summed E-state index contributed by atoms with van der Waals surface area (Å²) in [7, 11) is 0. The van der Waals surface area contributed by atoms with Crippen LogP contribution in [-0.4, -0.2) is 8.97 Å². The number of anilines is 3. The van der Waals surface area contributed by atoms with E-state index in [4.69, 9.17) is 0 Å². The van der Waals surface area contributed by atoms with Crippen molar-refractivity contribution >= 4 is 77.0 Å². The molecule has 0 N–H and O–H groups in total. The molecule has 3 nitrogen and oxygen atoms in total. The zero-order chi connectivity index (χ0) is 37.5. The average Bonchev–Trinajstić information content (AvgIpc) is 3.93. The number of aromatic nitrogens is 2. The second-order valence-electron chi connectivity index (χ2n) is 15.0. The molecule has 9 aromatic carbocycles. The van der Waals surface area contributed by atoms with Crippen LogP contribution in [0.3, 0.4) is 0 Å². The summed E-state index contributed by atoms with van der Waals surface area (Å²) in [4.78, 5) is 2.38. The molecule has 0 unspecified atom stereocenters. The van der Waals surface area contributed by atoms with E-state index in [0.29, 0.717) is 0 Å². The molecule has 0 atom stereocenters. The topological polar surface area (TPSA) is 12.6 Å². The van der Waals surface area contributed by atoms with Crippen LogP contribution in [0.5, 0.6) is 0 Å². The van der Waals surface area contributed by atoms with Gasteiger partial charge >= 0.3 is 0 Å². The molecule has 57 heavy (non-hydrogen) atoms. The fourth-order valence-corrected chi connectivity index (χ4v) is 9.25. The molecule has 3 heteroatoms. The van der Waals surface area contributed by atoms with Crippen molar-refractivity contribution in [2.45, 2.75) is 0 Å². The van der Waals surface area contributed by atoms with E-state index in [0.717, 1.165) is 22.7 Å². The third-order valence-corrected chi connectivity index (χ3v) is 11.9. The van der Waals surface area contributed by atoms with Crippen LogP contribution < -0.4 is 4.90 Å². The Morgan fingerprint density at radius 2 is 0.702 bits per heavy atom. The molecule has 266 valence electrons. The van der Waals surface area contributed by atoms with Gasteiger partial charge in [0.15, 0.2) is 0 Å². The normalized spacial score (nSPS) is 11.9. The van der Waals surface area contributed by atoms with Gasteiger partial charge in [0.2, 0.25) is 0 Å². The summed E-state index contributed by atoms with van der Waals surface area (Å²) in [6.07, 6.45) is 0. The minimum absolute atomic E-state index is 1.10. The van der Waals surface area contributed by atoms with E-state index in [1.807, 2.05) is 0 Å². The van der Waals surface area contributed by atoms with Crippen LogP contribution in [0.1, 0.15) is 0 Å². The van der Waals surface area contributed by atoms with Gasteiger partial charge in [0.05, 0.1) is 27.6 Å². The number of benzene rings is 9. The Labute approximate surface area is 329 Å². The van der Waals surface area contributed by atoms with Crippen LogP contribution in [0.2, 0.25) is 0 Å². The molecule has 0 radical (unpaired) electrons. The zero-order valence-corrected chi connectivity index (χ0v) is 31.0. The van der Waals surface area contributed by atoms with Gasteiger partial charge in [-0.2, -0.15) is 0 Å². The molecule has 0 bridgehead atoms. The minimum atomic E-state index is 1.10. The lowest BCUT2D eigenvalue weighted by atomic mass is 10.0. The molecular weight excluding hydrogens is 691 g/mol. The lowest BCUT2D eigenvalue weighted by molar-refractivity contribution is 1.18. The molecule has 0 aliphatic rings. The Morgan fingerprint density at radius 1 is 0.281 bits per heavy atom. The standard InChI is InChI=1S/C54H35N3/c1-2-11-36(12-3-1)37-21-27-40(28-22-37)55(43-33-34-47-49-17-10-16-48-46-15-6-9-20-52(46)57(54(48)49)53(47)35-43)41-29-23-38(24-30-41)39-25-31-42(32-26-39)56-50-18-7-4-13-44(50)45-14-5-8-19-51(45)56/h1-35H. The van der Waals surface area contributed by atoms with Crippen LogP contribution in [0.15, 0.2) is 212 Å². The minimum Gasteiger partial charge on any atom is -0.310 e. The molecule has 0 aliphatic carbocycles. The third kappa shape index (κ3) is 4.86. The Balaban J connectivity index is 0.964. The van der Waals surface area contributed by atoms with Crippen LogP contribution in [0.4, 0.5) is 17.1 Å². The highest BCUT2D eigenvalue weighted by molar-refractivity contribution is 6.23. The van der Waals surface area contributed by atoms with Gasteiger partial charge in [-0.05, 0) is 89.0 Å². The Hall–Kier alpha value is -7.62. The zero-order valence-electron chi connectivity index (χ0n) is 31.0. The predicted molar refractivity (Wildman–Crippen MR) is 241 cm³/mol. The first-order valence-corrected chi connectivity index (χ1v) is 19.6. The largest absolute Gasteiger partial charge is 0.310 e. The number of hydrogen-bond acceptors (Lipinski definition) is 1. The number of rotatable bonds is 6. The van der Waals surface area contributed by atoms with Crippen LogP contribution in [0, 0.1) is 0 Å². The van der Waals surface area contributed by atoms with Crippen molar-refractivity contribution in [2.75, 3.05) is 4.90 Å². The second kappa shape index (κ2) is 12.5. The summed E-state index contributed by atoms with van der Waals surface area (Å²) >= 11 is 0. The van der Waals surface area contributed by atoms with E-state index in [1.54, 1.807) is 0 Å². The highest BCUT2D eigenvalue weighted by Crippen LogP contribution is 2.43. The van der Waals surface area contributed by atoms with Gasteiger partial charge in [-0.25, -0.2) is 0 Å². The first kappa shape index (κ1) is 31.7.